The summed E-state index contributed by atoms with van der Waals surface area (Å²) in [7, 11) is -2.94. The van der Waals surface area contributed by atoms with Gasteiger partial charge in [-0.05, 0) is 29.8 Å². The van der Waals surface area contributed by atoms with Crippen molar-refractivity contribution in [2.75, 3.05) is 47.9 Å². The third-order valence-corrected chi connectivity index (χ3v) is 9.27. The van der Waals surface area contributed by atoms with E-state index in [4.69, 9.17) is 0 Å². The Morgan fingerprint density at radius 3 is 2.41 bits per heavy atom. The highest BCUT2D eigenvalue weighted by molar-refractivity contribution is 8.15. The highest BCUT2D eigenvalue weighted by atomic mass is 32.2. The largest absolute Gasteiger partial charge is 0.368 e. The summed E-state index contributed by atoms with van der Waals surface area (Å²) < 4.78 is 23.4. The number of fused-ring (bicyclic) bond motifs is 1. The van der Waals surface area contributed by atoms with E-state index in [2.05, 4.69) is 27.3 Å². The van der Waals surface area contributed by atoms with Gasteiger partial charge in [0, 0.05) is 42.8 Å². The van der Waals surface area contributed by atoms with E-state index < -0.39 is 9.84 Å². The molecule has 9 heteroatoms. The van der Waals surface area contributed by atoms with Gasteiger partial charge < -0.3 is 15.1 Å². The monoisotopic (exact) mass is 470 g/mol. The molecule has 2 atom stereocenters. The normalized spacial score (nSPS) is 24.2. The average Bonchev–Trinajstić information content (AvgIpc) is 3.28. The predicted molar refractivity (Wildman–Crippen MR) is 130 cm³/mol. The van der Waals surface area contributed by atoms with Crippen molar-refractivity contribution in [3.8, 4) is 0 Å². The Kier molecular flexibility index (Phi) is 5.86. The second-order valence-electron chi connectivity index (χ2n) is 8.44. The number of thioether (sulfide) groups is 1. The van der Waals surface area contributed by atoms with Gasteiger partial charge in [0.05, 0.1) is 24.0 Å². The molecule has 2 aromatic carbocycles. The SMILES string of the molecule is O=C(Cc1ccc(NC2=N[C@@H]3CS(=O)(=O)C[C@H]3S2)cc1)N1CCN(c2ccccc2)CC1. The number of amides is 1. The van der Waals surface area contributed by atoms with Crippen molar-refractivity contribution < 1.29 is 13.2 Å². The molecule has 0 saturated carbocycles. The van der Waals surface area contributed by atoms with Crippen molar-refractivity contribution >= 4 is 44.0 Å². The zero-order valence-electron chi connectivity index (χ0n) is 17.7. The fraction of sp³-hybridized carbons (Fsp3) is 0.391. The van der Waals surface area contributed by atoms with Crippen LogP contribution in [0.5, 0.6) is 0 Å². The number of piperazine rings is 1. The number of carbonyl (C=O) groups excluding carboxylic acids is 1. The van der Waals surface area contributed by atoms with Crippen LogP contribution in [0, 0.1) is 0 Å². The fourth-order valence-corrected chi connectivity index (χ4v) is 8.06. The van der Waals surface area contributed by atoms with E-state index in [0.29, 0.717) is 6.42 Å². The molecular weight excluding hydrogens is 444 g/mol. The Labute approximate surface area is 192 Å². The Balaban J connectivity index is 1.12. The van der Waals surface area contributed by atoms with Gasteiger partial charge in [-0.3, -0.25) is 9.79 Å². The summed E-state index contributed by atoms with van der Waals surface area (Å²) >= 11 is 1.51. The molecule has 0 aliphatic carbocycles. The lowest BCUT2D eigenvalue weighted by Gasteiger charge is -2.36. The van der Waals surface area contributed by atoms with Crippen molar-refractivity contribution in [1.82, 2.24) is 4.90 Å². The fourth-order valence-electron chi connectivity index (χ4n) is 4.38. The second-order valence-corrected chi connectivity index (χ2v) is 11.8. The number of hydrogen-bond donors (Lipinski definition) is 1. The van der Waals surface area contributed by atoms with Crippen LogP contribution < -0.4 is 10.2 Å². The number of rotatable bonds is 4. The van der Waals surface area contributed by atoms with Crippen LogP contribution in [0.3, 0.4) is 0 Å². The highest BCUT2D eigenvalue weighted by Gasteiger charge is 2.42. The number of benzene rings is 2. The van der Waals surface area contributed by atoms with Crippen molar-refractivity contribution in [2.45, 2.75) is 17.7 Å². The maximum Gasteiger partial charge on any atom is 0.227 e. The molecule has 2 aromatic rings. The van der Waals surface area contributed by atoms with Gasteiger partial charge in [0.2, 0.25) is 5.91 Å². The molecule has 1 N–H and O–H groups in total. The molecule has 0 radical (unpaired) electrons. The molecule has 5 rings (SSSR count). The van der Waals surface area contributed by atoms with E-state index in [0.717, 1.165) is 42.6 Å². The Morgan fingerprint density at radius 1 is 1.00 bits per heavy atom. The van der Waals surface area contributed by atoms with E-state index in [1.807, 2.05) is 47.4 Å². The number of aliphatic imine (C=N–C) groups is 1. The Hall–Kier alpha value is -2.52. The van der Waals surface area contributed by atoms with E-state index in [1.165, 1.54) is 17.4 Å². The van der Waals surface area contributed by atoms with Crippen molar-refractivity contribution in [3.63, 3.8) is 0 Å². The molecule has 3 heterocycles. The van der Waals surface area contributed by atoms with E-state index in [9.17, 15) is 13.2 Å². The zero-order chi connectivity index (χ0) is 22.1. The average molecular weight is 471 g/mol. The van der Waals surface area contributed by atoms with Crippen LogP contribution in [-0.2, 0) is 21.1 Å². The van der Waals surface area contributed by atoms with Gasteiger partial charge in [-0.2, -0.15) is 0 Å². The summed E-state index contributed by atoms with van der Waals surface area (Å²) in [5, 5.41) is 4.08. The summed E-state index contributed by atoms with van der Waals surface area (Å²) in [4.78, 5) is 21.5. The van der Waals surface area contributed by atoms with Gasteiger partial charge in [-0.15, -0.1) is 0 Å². The number of anilines is 2. The third kappa shape index (κ3) is 4.78. The molecule has 0 aromatic heterocycles. The minimum absolute atomic E-state index is 0.0294. The molecular formula is C23H26N4O3S2. The van der Waals surface area contributed by atoms with Gasteiger partial charge >= 0.3 is 0 Å². The number of nitrogens with one attached hydrogen (secondary N) is 1. The molecule has 2 saturated heterocycles. The molecule has 1 amide bonds. The molecule has 168 valence electrons. The van der Waals surface area contributed by atoms with Gasteiger partial charge in [0.25, 0.3) is 0 Å². The Bertz CT molecular complexity index is 1110. The first-order valence-corrected chi connectivity index (χ1v) is 13.5. The first-order chi connectivity index (χ1) is 15.4. The van der Waals surface area contributed by atoms with Crippen molar-refractivity contribution in [2.24, 2.45) is 4.99 Å². The van der Waals surface area contributed by atoms with Gasteiger partial charge in [-0.25, -0.2) is 8.42 Å². The van der Waals surface area contributed by atoms with Crippen LogP contribution in [0.4, 0.5) is 11.4 Å². The number of amidine groups is 1. The van der Waals surface area contributed by atoms with Gasteiger partial charge in [0.15, 0.2) is 15.0 Å². The summed E-state index contributed by atoms with van der Waals surface area (Å²) in [5.41, 5.74) is 3.08. The summed E-state index contributed by atoms with van der Waals surface area (Å²) in [5.74, 6) is 0.511. The standard InChI is InChI=1S/C23H26N4O3S2/c28-22(27-12-10-26(11-13-27)19-4-2-1-3-5-19)14-17-6-8-18(9-7-17)24-23-25-20-15-32(29,30)16-21(20)31-23/h1-9,20-21H,10-16H2,(H,24,25)/t20-,21-/m1/s1. The highest BCUT2D eigenvalue weighted by Crippen LogP contribution is 2.34. The lowest BCUT2D eigenvalue weighted by atomic mass is 10.1. The minimum atomic E-state index is -2.94. The lowest BCUT2D eigenvalue weighted by Crippen LogP contribution is -2.49. The molecule has 3 aliphatic heterocycles. The summed E-state index contributed by atoms with van der Waals surface area (Å²) in [6.07, 6.45) is 0.392. The number of sulfone groups is 1. The van der Waals surface area contributed by atoms with Crippen LogP contribution in [0.1, 0.15) is 5.56 Å². The topological polar surface area (TPSA) is 82.1 Å². The summed E-state index contributed by atoms with van der Waals surface area (Å²) in [6, 6.07) is 18.0. The molecule has 0 bridgehead atoms. The van der Waals surface area contributed by atoms with Crippen molar-refractivity contribution in [3.05, 3.63) is 60.2 Å². The number of nitrogens with zero attached hydrogens (tertiary/aromatic N) is 3. The molecule has 32 heavy (non-hydrogen) atoms. The van der Waals surface area contributed by atoms with Crippen LogP contribution in [0.2, 0.25) is 0 Å². The van der Waals surface area contributed by atoms with E-state index >= 15 is 0 Å². The molecule has 2 fully saturated rings. The third-order valence-electron chi connectivity index (χ3n) is 6.13. The molecule has 0 unspecified atom stereocenters. The maximum atomic E-state index is 12.8. The first kappa shape index (κ1) is 21.3. The van der Waals surface area contributed by atoms with Crippen LogP contribution >= 0.6 is 11.8 Å². The second kappa shape index (κ2) is 8.78. The van der Waals surface area contributed by atoms with Crippen molar-refractivity contribution in [1.29, 1.82) is 0 Å². The van der Waals surface area contributed by atoms with E-state index in [-0.39, 0.29) is 28.7 Å². The quantitative estimate of drug-likeness (QED) is 0.738. The van der Waals surface area contributed by atoms with Crippen LogP contribution in [0.25, 0.3) is 0 Å². The lowest BCUT2D eigenvalue weighted by molar-refractivity contribution is -0.130. The van der Waals surface area contributed by atoms with Gasteiger partial charge in [-0.1, -0.05) is 42.1 Å². The van der Waals surface area contributed by atoms with Gasteiger partial charge in [0.1, 0.15) is 0 Å². The maximum absolute atomic E-state index is 12.8. The predicted octanol–water partition coefficient (Wildman–Crippen LogP) is 2.26. The van der Waals surface area contributed by atoms with Crippen LogP contribution in [-0.4, -0.2) is 73.4 Å². The smallest absolute Gasteiger partial charge is 0.227 e. The number of carbonyl (C=O) groups is 1. The van der Waals surface area contributed by atoms with E-state index in [1.54, 1.807) is 0 Å². The van der Waals surface area contributed by atoms with Crippen LogP contribution in [0.15, 0.2) is 59.6 Å². The molecule has 3 aliphatic rings. The zero-order valence-corrected chi connectivity index (χ0v) is 19.3. The minimum Gasteiger partial charge on any atom is -0.368 e. The summed E-state index contributed by atoms with van der Waals surface area (Å²) in [6.45, 7) is 3.17. The Morgan fingerprint density at radius 2 is 1.72 bits per heavy atom. The molecule has 0 spiro atoms. The first-order valence-electron chi connectivity index (χ1n) is 10.8. The number of para-hydroxylation sites is 1. The molecule has 7 nitrogen and oxygen atoms in total. The number of hydrogen-bond acceptors (Lipinski definition) is 7.